The van der Waals surface area contributed by atoms with Crippen LogP contribution in [0.3, 0.4) is 0 Å². The molecule has 0 aliphatic carbocycles. The first-order valence-electron chi connectivity index (χ1n) is 7.92. The number of rotatable bonds is 2. The smallest absolute Gasteiger partial charge is 0.258 e. The van der Waals surface area contributed by atoms with Crippen LogP contribution in [0.2, 0.25) is 0 Å². The number of anilines is 3. The van der Waals surface area contributed by atoms with E-state index in [1.807, 2.05) is 29.6 Å². The van der Waals surface area contributed by atoms with Crippen molar-refractivity contribution < 1.29 is 9.59 Å². The van der Waals surface area contributed by atoms with Crippen molar-refractivity contribution in [1.29, 1.82) is 0 Å². The highest BCUT2D eigenvalue weighted by Gasteiger charge is 2.30. The lowest BCUT2D eigenvalue weighted by molar-refractivity contribution is -0.117. The van der Waals surface area contributed by atoms with Gasteiger partial charge in [-0.15, -0.1) is 11.3 Å². The molecule has 24 heavy (non-hydrogen) atoms. The van der Waals surface area contributed by atoms with Crippen LogP contribution in [0.15, 0.2) is 46.7 Å². The molecule has 2 N–H and O–H groups in total. The van der Waals surface area contributed by atoms with Gasteiger partial charge in [-0.25, -0.2) is 0 Å². The fraction of sp³-hybridized carbons (Fsp3) is 0.222. The number of carbonyl (C=O) groups is 2. The van der Waals surface area contributed by atoms with Gasteiger partial charge in [-0.3, -0.25) is 14.5 Å². The van der Waals surface area contributed by atoms with E-state index < -0.39 is 0 Å². The Bertz CT molecular complexity index is 840. The molecular formula is C18H17N3O2S. The van der Waals surface area contributed by atoms with Crippen molar-refractivity contribution in [1.82, 2.24) is 5.32 Å². The lowest BCUT2D eigenvalue weighted by Gasteiger charge is -2.24. The Hall–Kier alpha value is -2.44. The number of hydrogen-bond donors (Lipinski definition) is 2. The van der Waals surface area contributed by atoms with Crippen LogP contribution in [-0.2, 0) is 4.79 Å². The molecule has 0 radical (unpaired) electrons. The summed E-state index contributed by atoms with van der Waals surface area (Å²) in [5.41, 5.74) is 3.75. The van der Waals surface area contributed by atoms with Crippen molar-refractivity contribution in [3.05, 3.63) is 52.2 Å². The Labute approximate surface area is 144 Å². The lowest BCUT2D eigenvalue weighted by atomic mass is 10.0. The fourth-order valence-electron chi connectivity index (χ4n) is 3.10. The number of hydrogen-bond acceptors (Lipinski definition) is 4. The lowest BCUT2D eigenvalue weighted by Crippen LogP contribution is -2.28. The molecule has 1 aromatic heterocycles. The summed E-state index contributed by atoms with van der Waals surface area (Å²) in [6.45, 7) is 1.71. The molecule has 0 saturated carbocycles. The largest absolute Gasteiger partial charge is 0.320 e. The van der Waals surface area contributed by atoms with E-state index in [-0.39, 0.29) is 11.8 Å². The van der Waals surface area contributed by atoms with Gasteiger partial charge < -0.3 is 10.6 Å². The number of thiophene rings is 1. The molecule has 4 rings (SSSR count). The normalized spacial score (nSPS) is 16.6. The minimum absolute atomic E-state index is 0.00764. The molecule has 0 bridgehead atoms. The first-order valence-corrected chi connectivity index (χ1v) is 8.86. The second-order valence-corrected chi connectivity index (χ2v) is 6.61. The van der Waals surface area contributed by atoms with Gasteiger partial charge in [-0.2, -0.15) is 0 Å². The van der Waals surface area contributed by atoms with Gasteiger partial charge in [0.2, 0.25) is 5.91 Å². The highest BCUT2D eigenvalue weighted by molar-refractivity contribution is 7.08. The molecule has 5 nitrogen and oxygen atoms in total. The van der Waals surface area contributed by atoms with E-state index >= 15 is 0 Å². The minimum atomic E-state index is -0.171. The standard InChI is InChI=1S/C18H17N3O2S/c22-17(9-12-5-7-19-8-6-12)21-15-4-2-1-3-14(15)20-18(23)13-10-24-11-16(13)21/h1-5,10-11,19H,6-9H2,(H,20,23). The Balaban J connectivity index is 1.76. The molecule has 1 aromatic carbocycles. The summed E-state index contributed by atoms with van der Waals surface area (Å²) >= 11 is 1.43. The predicted octanol–water partition coefficient (Wildman–Crippen LogP) is 3.29. The topological polar surface area (TPSA) is 61.4 Å². The number of amides is 2. The minimum Gasteiger partial charge on any atom is -0.320 e. The Morgan fingerprint density at radius 3 is 2.92 bits per heavy atom. The maximum Gasteiger partial charge on any atom is 0.258 e. The molecule has 0 spiro atoms. The highest BCUT2D eigenvalue weighted by atomic mass is 32.1. The maximum absolute atomic E-state index is 13.1. The number of fused-ring (bicyclic) bond motifs is 2. The van der Waals surface area contributed by atoms with Gasteiger partial charge in [0.05, 0.1) is 22.6 Å². The Morgan fingerprint density at radius 1 is 1.21 bits per heavy atom. The van der Waals surface area contributed by atoms with Crippen LogP contribution >= 0.6 is 11.3 Å². The molecule has 0 atom stereocenters. The average Bonchev–Trinajstić information content (AvgIpc) is 3.03. The summed E-state index contributed by atoms with van der Waals surface area (Å²) in [4.78, 5) is 27.2. The van der Waals surface area contributed by atoms with Crippen molar-refractivity contribution in [2.75, 3.05) is 23.3 Å². The first kappa shape index (κ1) is 15.1. The molecule has 2 aliphatic rings. The first-order chi connectivity index (χ1) is 11.7. The molecule has 0 saturated heterocycles. The number of carbonyl (C=O) groups excluding carboxylic acids is 2. The predicted molar refractivity (Wildman–Crippen MR) is 96.0 cm³/mol. The van der Waals surface area contributed by atoms with E-state index in [1.54, 1.807) is 10.3 Å². The second kappa shape index (κ2) is 6.22. The zero-order valence-corrected chi connectivity index (χ0v) is 13.9. The van der Waals surface area contributed by atoms with Crippen LogP contribution < -0.4 is 15.5 Å². The molecule has 122 valence electrons. The maximum atomic E-state index is 13.1. The summed E-state index contributed by atoms with van der Waals surface area (Å²) in [7, 11) is 0. The van der Waals surface area contributed by atoms with E-state index in [1.165, 1.54) is 11.3 Å². The molecule has 2 aromatic rings. The summed E-state index contributed by atoms with van der Waals surface area (Å²) in [5, 5.41) is 9.82. The van der Waals surface area contributed by atoms with Crippen LogP contribution in [0.4, 0.5) is 17.1 Å². The zero-order valence-electron chi connectivity index (χ0n) is 13.0. The molecule has 2 amide bonds. The molecule has 6 heteroatoms. The number of nitrogens with zero attached hydrogens (tertiary/aromatic N) is 1. The zero-order chi connectivity index (χ0) is 16.5. The van der Waals surface area contributed by atoms with Crippen LogP contribution in [0.25, 0.3) is 0 Å². The van der Waals surface area contributed by atoms with Gasteiger partial charge in [0.25, 0.3) is 5.91 Å². The molecular weight excluding hydrogens is 322 g/mol. The molecule has 0 unspecified atom stereocenters. The van der Waals surface area contributed by atoms with Crippen molar-refractivity contribution in [3.63, 3.8) is 0 Å². The quantitative estimate of drug-likeness (QED) is 0.826. The van der Waals surface area contributed by atoms with E-state index in [0.717, 1.165) is 30.8 Å². The second-order valence-electron chi connectivity index (χ2n) is 5.86. The van der Waals surface area contributed by atoms with Gasteiger partial charge in [0.1, 0.15) is 0 Å². The summed E-state index contributed by atoms with van der Waals surface area (Å²) in [6.07, 6.45) is 3.34. The summed E-state index contributed by atoms with van der Waals surface area (Å²) in [5.74, 6) is -0.179. The van der Waals surface area contributed by atoms with Gasteiger partial charge in [0.15, 0.2) is 0 Å². The van der Waals surface area contributed by atoms with E-state index in [2.05, 4.69) is 16.7 Å². The van der Waals surface area contributed by atoms with Crippen LogP contribution in [0, 0.1) is 0 Å². The monoisotopic (exact) mass is 339 g/mol. The van der Waals surface area contributed by atoms with Gasteiger partial charge in [0, 0.05) is 23.7 Å². The van der Waals surface area contributed by atoms with Gasteiger partial charge in [-0.05, 0) is 25.1 Å². The third-order valence-electron chi connectivity index (χ3n) is 4.31. The highest BCUT2D eigenvalue weighted by Crippen LogP contribution is 2.40. The van der Waals surface area contributed by atoms with Crippen LogP contribution in [-0.4, -0.2) is 24.9 Å². The molecule has 0 fully saturated rings. The Kier molecular flexibility index (Phi) is 3.92. The molecule has 2 aliphatic heterocycles. The third kappa shape index (κ3) is 2.64. The number of nitrogens with one attached hydrogen (secondary N) is 2. The SMILES string of the molecule is O=C1Nc2ccccc2N(C(=O)CC2=CCNCC2)c2cscc21. The summed E-state index contributed by atoms with van der Waals surface area (Å²) < 4.78 is 0. The summed E-state index contributed by atoms with van der Waals surface area (Å²) in [6, 6.07) is 7.44. The Morgan fingerprint density at radius 2 is 2.08 bits per heavy atom. The van der Waals surface area contributed by atoms with Crippen molar-refractivity contribution in [2.24, 2.45) is 0 Å². The van der Waals surface area contributed by atoms with E-state index in [9.17, 15) is 9.59 Å². The number of benzene rings is 1. The third-order valence-corrected chi connectivity index (χ3v) is 5.04. The van der Waals surface area contributed by atoms with Crippen LogP contribution in [0.1, 0.15) is 23.2 Å². The van der Waals surface area contributed by atoms with Crippen molar-refractivity contribution >= 4 is 40.2 Å². The fourth-order valence-corrected chi connectivity index (χ4v) is 3.89. The van der Waals surface area contributed by atoms with Crippen LogP contribution in [0.5, 0.6) is 0 Å². The number of para-hydroxylation sites is 2. The van der Waals surface area contributed by atoms with Gasteiger partial charge >= 0.3 is 0 Å². The van der Waals surface area contributed by atoms with E-state index in [0.29, 0.717) is 23.4 Å². The van der Waals surface area contributed by atoms with Gasteiger partial charge in [-0.1, -0.05) is 23.8 Å². The average molecular weight is 339 g/mol. The van der Waals surface area contributed by atoms with Crippen molar-refractivity contribution in [2.45, 2.75) is 12.8 Å². The van der Waals surface area contributed by atoms with Crippen molar-refractivity contribution in [3.8, 4) is 0 Å². The molecule has 3 heterocycles. The van der Waals surface area contributed by atoms with E-state index in [4.69, 9.17) is 0 Å².